The summed E-state index contributed by atoms with van der Waals surface area (Å²) in [4.78, 5) is 20.8. The SMILES string of the molecule is CCCCCCCCCNCC1(c2cnc(C(F)(F)F)nc2)CCCCC1.O=C(O)c1ccc2[nH]ccc2c1Cl. The van der Waals surface area contributed by atoms with Crippen molar-refractivity contribution in [2.45, 2.75) is 95.6 Å². The number of rotatable bonds is 12. The zero-order chi connectivity index (χ0) is 29.0. The minimum atomic E-state index is -4.48. The molecule has 220 valence electrons. The van der Waals surface area contributed by atoms with Crippen molar-refractivity contribution in [3.8, 4) is 0 Å². The maximum atomic E-state index is 12.7. The minimum Gasteiger partial charge on any atom is -0.478 e. The molecule has 3 aromatic rings. The smallest absolute Gasteiger partial charge is 0.451 e. The van der Waals surface area contributed by atoms with Crippen LogP contribution in [-0.2, 0) is 11.6 Å². The molecule has 1 aliphatic carbocycles. The van der Waals surface area contributed by atoms with Gasteiger partial charge in [0.05, 0.1) is 10.6 Å². The van der Waals surface area contributed by atoms with Crippen LogP contribution in [0.4, 0.5) is 13.2 Å². The van der Waals surface area contributed by atoms with E-state index in [-0.39, 0.29) is 16.0 Å². The highest BCUT2D eigenvalue weighted by Gasteiger charge is 2.37. The van der Waals surface area contributed by atoms with Crippen LogP contribution in [0.15, 0.2) is 36.8 Å². The van der Waals surface area contributed by atoms with Crippen molar-refractivity contribution in [1.29, 1.82) is 0 Å². The fourth-order valence-electron chi connectivity index (χ4n) is 5.34. The lowest BCUT2D eigenvalue weighted by atomic mass is 9.70. The van der Waals surface area contributed by atoms with Gasteiger partial charge < -0.3 is 15.4 Å². The highest BCUT2D eigenvalue weighted by molar-refractivity contribution is 6.38. The standard InChI is InChI=1S/C21H34F3N3.C9H6ClNO2/c1-2-3-4-5-6-7-11-14-25-17-20(12-9-8-10-13-20)18-15-26-19(27-16-18)21(22,23)24;10-8-5-3-4-11-7(5)2-1-6(8)9(12)13/h15-16,25H,2-14,17H2,1H3;1-4,11H,(H,12,13). The molecule has 0 aliphatic heterocycles. The minimum absolute atomic E-state index is 0.122. The number of alkyl halides is 3. The molecule has 2 heterocycles. The quantitative estimate of drug-likeness (QED) is 0.187. The van der Waals surface area contributed by atoms with Gasteiger partial charge in [-0.05, 0) is 49.6 Å². The zero-order valence-corrected chi connectivity index (χ0v) is 23.9. The van der Waals surface area contributed by atoms with E-state index in [1.807, 2.05) is 0 Å². The maximum Gasteiger partial charge on any atom is 0.451 e. The van der Waals surface area contributed by atoms with E-state index in [1.54, 1.807) is 18.3 Å². The van der Waals surface area contributed by atoms with Crippen molar-refractivity contribution < 1.29 is 23.1 Å². The molecule has 1 saturated carbocycles. The molecule has 1 fully saturated rings. The zero-order valence-electron chi connectivity index (χ0n) is 23.1. The van der Waals surface area contributed by atoms with E-state index < -0.39 is 18.0 Å². The number of halogens is 4. The third-order valence-corrected chi connectivity index (χ3v) is 8.06. The van der Waals surface area contributed by atoms with Crippen molar-refractivity contribution in [3.05, 3.63) is 58.8 Å². The Hall–Kier alpha value is -2.65. The molecular weight excluding hydrogens is 541 g/mol. The van der Waals surface area contributed by atoms with Gasteiger partial charge in [-0.15, -0.1) is 0 Å². The molecule has 40 heavy (non-hydrogen) atoms. The number of unbranched alkanes of at least 4 members (excludes halogenated alkanes) is 6. The maximum absolute atomic E-state index is 12.7. The summed E-state index contributed by atoms with van der Waals surface area (Å²) < 4.78 is 38.2. The largest absolute Gasteiger partial charge is 0.478 e. The Labute approximate surface area is 239 Å². The Kier molecular flexibility index (Phi) is 12.3. The van der Waals surface area contributed by atoms with E-state index in [1.165, 1.54) is 63.4 Å². The number of aromatic nitrogens is 3. The van der Waals surface area contributed by atoms with Crippen molar-refractivity contribution in [2.24, 2.45) is 0 Å². The summed E-state index contributed by atoms with van der Waals surface area (Å²) in [5.41, 5.74) is 1.70. The number of carboxylic acid groups (broad SMARTS) is 1. The number of nitrogens with one attached hydrogen (secondary N) is 2. The Balaban J connectivity index is 0.000000281. The number of H-pyrrole nitrogens is 1. The first-order valence-electron chi connectivity index (χ1n) is 14.3. The van der Waals surface area contributed by atoms with Crippen molar-refractivity contribution in [2.75, 3.05) is 13.1 Å². The summed E-state index contributed by atoms with van der Waals surface area (Å²) in [5, 5.41) is 13.4. The number of aromatic amines is 1. The summed E-state index contributed by atoms with van der Waals surface area (Å²) >= 11 is 5.88. The van der Waals surface area contributed by atoms with Gasteiger partial charge in [0.25, 0.3) is 0 Å². The van der Waals surface area contributed by atoms with Crippen molar-refractivity contribution in [1.82, 2.24) is 20.3 Å². The van der Waals surface area contributed by atoms with E-state index in [0.717, 1.165) is 61.7 Å². The number of carboxylic acids is 1. The monoisotopic (exact) mass is 580 g/mol. The molecule has 0 unspecified atom stereocenters. The predicted octanol–water partition coefficient (Wildman–Crippen LogP) is 8.56. The fourth-order valence-corrected chi connectivity index (χ4v) is 5.65. The molecule has 0 amide bonds. The summed E-state index contributed by atoms with van der Waals surface area (Å²) in [6.07, 6.45) is 14.4. The van der Waals surface area contributed by atoms with Crippen LogP contribution in [-0.4, -0.2) is 39.1 Å². The van der Waals surface area contributed by atoms with Gasteiger partial charge in [-0.3, -0.25) is 0 Å². The molecule has 0 bridgehead atoms. The Bertz CT molecular complexity index is 1190. The van der Waals surface area contributed by atoms with Crippen LogP contribution in [0.1, 0.15) is 106 Å². The number of hydrogen-bond donors (Lipinski definition) is 3. The molecular formula is C30H40ClF3N4O2. The third kappa shape index (κ3) is 8.93. The van der Waals surface area contributed by atoms with Crippen LogP contribution in [0.3, 0.4) is 0 Å². The summed E-state index contributed by atoms with van der Waals surface area (Å²) in [6, 6.07) is 4.94. The number of aromatic carboxylic acids is 1. The average molecular weight is 581 g/mol. The van der Waals surface area contributed by atoms with Crippen molar-refractivity contribution >= 4 is 28.5 Å². The van der Waals surface area contributed by atoms with Crippen LogP contribution in [0, 0.1) is 0 Å². The normalized spacial score (nSPS) is 15.0. The molecule has 3 N–H and O–H groups in total. The molecule has 6 nitrogen and oxygen atoms in total. The first-order chi connectivity index (χ1) is 19.2. The van der Waals surface area contributed by atoms with E-state index in [0.29, 0.717) is 0 Å². The Morgan fingerprint density at radius 3 is 2.30 bits per heavy atom. The second-order valence-electron chi connectivity index (χ2n) is 10.6. The number of fused-ring (bicyclic) bond motifs is 1. The fraction of sp³-hybridized carbons (Fsp3) is 0.567. The highest BCUT2D eigenvalue weighted by Crippen LogP contribution is 2.39. The second kappa shape index (κ2) is 15.4. The lowest BCUT2D eigenvalue weighted by Gasteiger charge is -2.37. The van der Waals surface area contributed by atoms with Crippen LogP contribution in [0.2, 0.25) is 5.02 Å². The molecule has 0 saturated heterocycles. The van der Waals surface area contributed by atoms with E-state index in [4.69, 9.17) is 16.7 Å². The summed E-state index contributed by atoms with van der Waals surface area (Å²) in [7, 11) is 0. The molecule has 0 atom stereocenters. The second-order valence-corrected chi connectivity index (χ2v) is 11.0. The summed E-state index contributed by atoms with van der Waals surface area (Å²) in [5.74, 6) is -2.05. The number of hydrogen-bond acceptors (Lipinski definition) is 4. The van der Waals surface area contributed by atoms with E-state index >= 15 is 0 Å². The van der Waals surface area contributed by atoms with Gasteiger partial charge in [0.1, 0.15) is 0 Å². The molecule has 0 radical (unpaired) electrons. The first kappa shape index (κ1) is 31.9. The first-order valence-corrected chi connectivity index (χ1v) is 14.6. The number of carbonyl (C=O) groups is 1. The van der Waals surface area contributed by atoms with Crippen LogP contribution in [0.25, 0.3) is 10.9 Å². The lowest BCUT2D eigenvalue weighted by Crippen LogP contribution is -2.40. The molecule has 10 heteroatoms. The highest BCUT2D eigenvalue weighted by atomic mass is 35.5. The Morgan fingerprint density at radius 1 is 1.02 bits per heavy atom. The van der Waals surface area contributed by atoms with Gasteiger partial charge in [-0.2, -0.15) is 13.2 Å². The van der Waals surface area contributed by atoms with Gasteiger partial charge in [-0.1, -0.05) is 76.3 Å². The van der Waals surface area contributed by atoms with E-state index in [9.17, 15) is 18.0 Å². The average Bonchev–Trinajstić information content (AvgIpc) is 3.43. The molecule has 0 spiro atoms. The predicted molar refractivity (Wildman–Crippen MR) is 153 cm³/mol. The molecule has 1 aliphatic rings. The van der Waals surface area contributed by atoms with Crippen LogP contribution >= 0.6 is 11.6 Å². The van der Waals surface area contributed by atoms with Gasteiger partial charge in [0.15, 0.2) is 0 Å². The third-order valence-electron chi connectivity index (χ3n) is 7.65. The van der Waals surface area contributed by atoms with E-state index in [2.05, 4.69) is 27.2 Å². The van der Waals surface area contributed by atoms with Crippen molar-refractivity contribution in [3.63, 3.8) is 0 Å². The van der Waals surface area contributed by atoms with Crippen LogP contribution < -0.4 is 5.32 Å². The summed E-state index contributed by atoms with van der Waals surface area (Å²) in [6.45, 7) is 4.00. The lowest BCUT2D eigenvalue weighted by molar-refractivity contribution is -0.145. The molecule has 1 aromatic carbocycles. The van der Waals surface area contributed by atoms with Gasteiger partial charge in [-0.25, -0.2) is 14.8 Å². The molecule has 4 rings (SSSR count). The Morgan fingerprint density at radius 2 is 1.68 bits per heavy atom. The van der Waals surface area contributed by atoms with Crippen LogP contribution in [0.5, 0.6) is 0 Å². The van der Waals surface area contributed by atoms with Gasteiger partial charge in [0.2, 0.25) is 5.82 Å². The number of benzene rings is 1. The number of nitrogens with zero attached hydrogens (tertiary/aromatic N) is 2. The topological polar surface area (TPSA) is 90.9 Å². The van der Waals surface area contributed by atoms with Gasteiger partial charge in [0, 0.05) is 41.5 Å². The van der Waals surface area contributed by atoms with Gasteiger partial charge >= 0.3 is 12.1 Å². The molecule has 2 aromatic heterocycles.